The molecular weight excluding hydrogens is 396 g/mol. The first-order valence-electron chi connectivity index (χ1n) is 8.85. The van der Waals surface area contributed by atoms with Gasteiger partial charge in [0.2, 0.25) is 0 Å². The molecule has 1 aromatic carbocycles. The Bertz CT molecular complexity index is 1030. The summed E-state index contributed by atoms with van der Waals surface area (Å²) in [7, 11) is -1.77. The number of benzene rings is 1. The van der Waals surface area contributed by atoms with E-state index < -0.39 is 10.0 Å². The Balaban J connectivity index is 1.45. The zero-order valence-corrected chi connectivity index (χ0v) is 17.0. The van der Waals surface area contributed by atoms with Gasteiger partial charge in [-0.3, -0.25) is 0 Å². The van der Waals surface area contributed by atoms with Crippen LogP contribution in [0.1, 0.15) is 0 Å². The fourth-order valence-electron chi connectivity index (χ4n) is 3.19. The molecule has 2 aromatic heterocycles. The molecule has 0 unspecified atom stereocenters. The third-order valence-electron chi connectivity index (χ3n) is 4.69. The second-order valence-electron chi connectivity index (χ2n) is 6.30. The molecule has 0 N–H and O–H groups in total. The fourth-order valence-corrected chi connectivity index (χ4v) is 5.76. The Morgan fingerprint density at radius 3 is 2.39 bits per heavy atom. The number of aromatic nitrogens is 2. The Labute approximate surface area is 168 Å². The maximum absolute atomic E-state index is 12.6. The lowest BCUT2D eigenvalue weighted by atomic mass is 10.1. The summed E-state index contributed by atoms with van der Waals surface area (Å²) in [5.74, 6) is 1.49. The molecule has 146 valence electrons. The summed E-state index contributed by atoms with van der Waals surface area (Å²) in [6.07, 6.45) is 0. The number of anilines is 1. The zero-order chi connectivity index (χ0) is 19.6. The molecule has 1 aliphatic rings. The number of piperazine rings is 1. The lowest BCUT2D eigenvalue weighted by Gasteiger charge is -2.34. The van der Waals surface area contributed by atoms with Gasteiger partial charge in [0.1, 0.15) is 9.96 Å². The molecule has 28 heavy (non-hydrogen) atoms. The standard InChI is InChI=1S/C19H20N4O3S2/c1-26-17-6-3-2-5-15(17)16-8-9-18(21-20-16)22-10-12-23(13-11-22)28(24,25)19-7-4-14-27-19/h2-9,14H,10-13H2,1H3. The first-order valence-corrected chi connectivity index (χ1v) is 11.2. The van der Waals surface area contributed by atoms with Gasteiger partial charge in [-0.25, -0.2) is 8.42 Å². The van der Waals surface area contributed by atoms with Crippen molar-refractivity contribution >= 4 is 27.2 Å². The van der Waals surface area contributed by atoms with Gasteiger partial charge in [-0.15, -0.1) is 21.5 Å². The average molecular weight is 417 g/mol. The van der Waals surface area contributed by atoms with Crippen LogP contribution in [0.25, 0.3) is 11.3 Å². The minimum Gasteiger partial charge on any atom is -0.496 e. The quantitative estimate of drug-likeness (QED) is 0.637. The molecule has 1 aliphatic heterocycles. The van der Waals surface area contributed by atoms with Crippen molar-refractivity contribution in [2.75, 3.05) is 38.2 Å². The molecule has 3 aromatic rings. The van der Waals surface area contributed by atoms with Crippen molar-refractivity contribution in [2.45, 2.75) is 4.21 Å². The first-order chi connectivity index (χ1) is 13.6. The highest BCUT2D eigenvalue weighted by Gasteiger charge is 2.29. The van der Waals surface area contributed by atoms with E-state index in [0.29, 0.717) is 30.4 Å². The normalized spacial score (nSPS) is 15.5. The number of methoxy groups -OCH3 is 1. The number of sulfonamides is 1. The van der Waals surface area contributed by atoms with E-state index in [1.54, 1.807) is 24.6 Å². The summed E-state index contributed by atoms with van der Waals surface area (Å²) in [6.45, 7) is 2.01. The molecule has 0 bridgehead atoms. The number of rotatable bonds is 5. The van der Waals surface area contributed by atoms with E-state index in [2.05, 4.69) is 15.1 Å². The van der Waals surface area contributed by atoms with Crippen molar-refractivity contribution in [2.24, 2.45) is 0 Å². The number of hydrogen-bond donors (Lipinski definition) is 0. The van der Waals surface area contributed by atoms with Gasteiger partial charge in [0.05, 0.1) is 12.8 Å². The predicted molar refractivity (Wildman–Crippen MR) is 109 cm³/mol. The van der Waals surface area contributed by atoms with E-state index in [-0.39, 0.29) is 0 Å². The lowest BCUT2D eigenvalue weighted by molar-refractivity contribution is 0.384. The highest BCUT2D eigenvalue weighted by atomic mass is 32.2. The second kappa shape index (κ2) is 7.86. The van der Waals surface area contributed by atoms with Crippen molar-refractivity contribution in [3.63, 3.8) is 0 Å². The largest absolute Gasteiger partial charge is 0.496 e. The van der Waals surface area contributed by atoms with Crippen LogP contribution in [0.5, 0.6) is 5.75 Å². The van der Waals surface area contributed by atoms with Crippen molar-refractivity contribution in [1.82, 2.24) is 14.5 Å². The van der Waals surface area contributed by atoms with Crippen LogP contribution < -0.4 is 9.64 Å². The van der Waals surface area contributed by atoms with Crippen molar-refractivity contribution in [1.29, 1.82) is 0 Å². The van der Waals surface area contributed by atoms with Crippen molar-refractivity contribution < 1.29 is 13.2 Å². The Hall–Kier alpha value is -2.49. The van der Waals surface area contributed by atoms with E-state index in [4.69, 9.17) is 4.74 Å². The molecule has 7 nitrogen and oxygen atoms in total. The van der Waals surface area contributed by atoms with Gasteiger partial charge in [0.15, 0.2) is 5.82 Å². The van der Waals surface area contributed by atoms with Gasteiger partial charge in [-0.2, -0.15) is 4.31 Å². The lowest BCUT2D eigenvalue weighted by Crippen LogP contribution is -2.48. The maximum atomic E-state index is 12.6. The Morgan fingerprint density at radius 1 is 0.964 bits per heavy atom. The van der Waals surface area contributed by atoms with Gasteiger partial charge < -0.3 is 9.64 Å². The number of para-hydroxylation sites is 1. The highest BCUT2D eigenvalue weighted by molar-refractivity contribution is 7.91. The second-order valence-corrected chi connectivity index (χ2v) is 9.41. The molecule has 9 heteroatoms. The van der Waals surface area contributed by atoms with E-state index in [1.807, 2.05) is 36.4 Å². The first kappa shape index (κ1) is 18.9. The molecule has 1 fully saturated rings. The molecule has 3 heterocycles. The molecule has 0 amide bonds. The van der Waals surface area contributed by atoms with Crippen LogP contribution in [0.2, 0.25) is 0 Å². The fraction of sp³-hybridized carbons (Fsp3) is 0.263. The molecule has 0 saturated carbocycles. The number of thiophene rings is 1. The van der Waals surface area contributed by atoms with Crippen LogP contribution in [0.4, 0.5) is 5.82 Å². The minimum absolute atomic E-state index is 0.391. The summed E-state index contributed by atoms with van der Waals surface area (Å²) in [6, 6.07) is 14.9. The SMILES string of the molecule is COc1ccccc1-c1ccc(N2CCN(S(=O)(=O)c3cccs3)CC2)nn1. The number of hydrogen-bond acceptors (Lipinski definition) is 7. The minimum atomic E-state index is -3.40. The summed E-state index contributed by atoms with van der Waals surface area (Å²) in [5.41, 5.74) is 1.62. The van der Waals surface area contributed by atoms with E-state index >= 15 is 0 Å². The van der Waals surface area contributed by atoms with Crippen molar-refractivity contribution in [3.8, 4) is 17.0 Å². The third kappa shape index (κ3) is 3.60. The summed E-state index contributed by atoms with van der Waals surface area (Å²) in [4.78, 5) is 2.06. The number of ether oxygens (including phenoxy) is 1. The molecular formula is C19H20N4O3S2. The van der Waals surface area contributed by atoms with Gasteiger partial charge in [0, 0.05) is 31.7 Å². The summed E-state index contributed by atoms with van der Waals surface area (Å²) in [5, 5.41) is 10.5. The van der Waals surface area contributed by atoms with Crippen LogP contribution >= 0.6 is 11.3 Å². The molecule has 0 radical (unpaired) electrons. The van der Waals surface area contributed by atoms with Crippen LogP contribution in [0.3, 0.4) is 0 Å². The van der Waals surface area contributed by atoms with Crippen LogP contribution in [0, 0.1) is 0 Å². The summed E-state index contributed by atoms with van der Waals surface area (Å²) >= 11 is 1.25. The van der Waals surface area contributed by atoms with Crippen molar-refractivity contribution in [3.05, 3.63) is 53.9 Å². The zero-order valence-electron chi connectivity index (χ0n) is 15.4. The van der Waals surface area contributed by atoms with Gasteiger partial charge >= 0.3 is 0 Å². The average Bonchev–Trinajstić information content (AvgIpc) is 3.30. The third-order valence-corrected chi connectivity index (χ3v) is 7.96. The topological polar surface area (TPSA) is 75.6 Å². The van der Waals surface area contributed by atoms with Crippen LogP contribution in [-0.2, 0) is 10.0 Å². The molecule has 1 saturated heterocycles. The van der Waals surface area contributed by atoms with Gasteiger partial charge in [0.25, 0.3) is 10.0 Å². The van der Waals surface area contributed by atoms with E-state index in [9.17, 15) is 8.42 Å². The summed E-state index contributed by atoms with van der Waals surface area (Å²) < 4.78 is 32.6. The highest BCUT2D eigenvalue weighted by Crippen LogP contribution is 2.28. The van der Waals surface area contributed by atoms with Crippen LogP contribution in [-0.4, -0.2) is 56.2 Å². The smallest absolute Gasteiger partial charge is 0.252 e. The van der Waals surface area contributed by atoms with Gasteiger partial charge in [-0.1, -0.05) is 18.2 Å². The maximum Gasteiger partial charge on any atom is 0.252 e. The molecule has 0 aliphatic carbocycles. The number of nitrogens with zero attached hydrogens (tertiary/aromatic N) is 4. The molecule has 0 spiro atoms. The Kier molecular flexibility index (Phi) is 5.29. The molecule has 4 rings (SSSR count). The molecule has 0 atom stereocenters. The van der Waals surface area contributed by atoms with E-state index in [0.717, 1.165) is 22.8 Å². The Morgan fingerprint density at radius 2 is 1.75 bits per heavy atom. The predicted octanol–water partition coefficient (Wildman–Crippen LogP) is 2.72. The van der Waals surface area contributed by atoms with E-state index in [1.165, 1.54) is 15.6 Å². The van der Waals surface area contributed by atoms with Gasteiger partial charge in [-0.05, 0) is 35.7 Å². The van der Waals surface area contributed by atoms with Crippen LogP contribution in [0.15, 0.2) is 58.1 Å². The monoisotopic (exact) mass is 416 g/mol.